The fraction of sp³-hybridized carbons (Fsp3) is 0.231. The van der Waals surface area contributed by atoms with Gasteiger partial charge in [-0.05, 0) is 12.1 Å². The lowest BCUT2D eigenvalue weighted by molar-refractivity contribution is -0.116. The maximum atomic E-state index is 11.6. The Kier molecular flexibility index (Phi) is 3.37. The third-order valence-corrected chi connectivity index (χ3v) is 4.23. The lowest BCUT2D eigenvalue weighted by Crippen LogP contribution is -2.19. The Labute approximate surface area is 125 Å². The number of nitrogens with zero attached hydrogens (tertiary/aromatic N) is 2. The summed E-state index contributed by atoms with van der Waals surface area (Å²) < 4.78 is 0. The van der Waals surface area contributed by atoms with Crippen molar-refractivity contribution >= 4 is 40.2 Å². The Morgan fingerprint density at radius 2 is 2.35 bits per heavy atom. The summed E-state index contributed by atoms with van der Waals surface area (Å²) in [4.78, 5) is 17.8. The van der Waals surface area contributed by atoms with E-state index in [1.807, 2.05) is 23.4 Å². The third kappa shape index (κ3) is 2.26. The molecule has 2 heterocycles. The molecule has 0 radical (unpaired) electrons. The van der Waals surface area contributed by atoms with Crippen molar-refractivity contribution in [3.63, 3.8) is 0 Å². The van der Waals surface area contributed by atoms with Crippen LogP contribution in [0.1, 0.15) is 17.3 Å². The number of anilines is 2. The van der Waals surface area contributed by atoms with E-state index in [1.165, 1.54) is 0 Å². The van der Waals surface area contributed by atoms with Gasteiger partial charge in [0.2, 0.25) is 5.91 Å². The number of benzene rings is 1. The first-order valence-electron chi connectivity index (χ1n) is 6.04. The second-order valence-corrected chi connectivity index (χ2v) is 5.82. The molecule has 1 unspecified atom stereocenters. The van der Waals surface area contributed by atoms with Crippen molar-refractivity contribution in [1.82, 2.24) is 4.98 Å². The third-order valence-electron chi connectivity index (χ3n) is 3.29. The van der Waals surface area contributed by atoms with Crippen LogP contribution < -0.4 is 16.0 Å². The zero-order valence-corrected chi connectivity index (χ0v) is 12.3. The van der Waals surface area contributed by atoms with Crippen LogP contribution in [0.3, 0.4) is 0 Å². The molecule has 0 aliphatic carbocycles. The van der Waals surface area contributed by atoms with E-state index in [0.29, 0.717) is 11.6 Å². The maximum Gasteiger partial charge on any atom is 0.245 e. The van der Waals surface area contributed by atoms with Crippen molar-refractivity contribution in [3.05, 3.63) is 39.3 Å². The Balaban J connectivity index is 1.91. The zero-order chi connectivity index (χ0) is 14.3. The lowest BCUT2D eigenvalue weighted by atomic mass is 10.1. The van der Waals surface area contributed by atoms with Crippen LogP contribution in [0.4, 0.5) is 11.4 Å². The second kappa shape index (κ2) is 5.05. The Morgan fingerprint density at radius 1 is 1.55 bits per heavy atom. The number of thiazole rings is 1. The average Bonchev–Trinajstić information content (AvgIpc) is 3.00. The van der Waals surface area contributed by atoms with E-state index < -0.39 is 6.04 Å². The van der Waals surface area contributed by atoms with Gasteiger partial charge in [0.05, 0.1) is 28.5 Å². The topological polar surface area (TPSA) is 71.2 Å². The quantitative estimate of drug-likeness (QED) is 0.913. The fourth-order valence-electron chi connectivity index (χ4n) is 2.23. The minimum Gasteiger partial charge on any atom is -0.367 e. The number of nitrogens with one attached hydrogen (secondary N) is 1. The Hall–Kier alpha value is -1.63. The smallest absolute Gasteiger partial charge is 0.245 e. The number of fused-ring (bicyclic) bond motifs is 1. The number of aromatic nitrogens is 1. The van der Waals surface area contributed by atoms with Crippen LogP contribution in [0.15, 0.2) is 23.0 Å². The molecule has 0 spiro atoms. The highest BCUT2D eigenvalue weighted by Crippen LogP contribution is 2.38. The molecular weight excluding hydrogens is 296 g/mol. The SMILES string of the molecule is CN(Cc1cscn1)c1cc2c(cc1Cl)C(N)C(=O)N2. The Bertz CT molecular complexity index is 659. The summed E-state index contributed by atoms with van der Waals surface area (Å²) >= 11 is 7.86. The molecule has 3 N–H and O–H groups in total. The number of hydrogen-bond acceptors (Lipinski definition) is 5. The lowest BCUT2D eigenvalue weighted by Gasteiger charge is -2.20. The fourth-order valence-corrected chi connectivity index (χ4v) is 3.10. The van der Waals surface area contributed by atoms with E-state index in [9.17, 15) is 4.79 Å². The molecule has 0 saturated heterocycles. The van der Waals surface area contributed by atoms with Crippen LogP contribution in [-0.4, -0.2) is 17.9 Å². The van der Waals surface area contributed by atoms with Crippen LogP contribution in [-0.2, 0) is 11.3 Å². The minimum atomic E-state index is -0.639. The summed E-state index contributed by atoms with van der Waals surface area (Å²) in [5.41, 5.74) is 10.9. The van der Waals surface area contributed by atoms with Gasteiger partial charge in [0.1, 0.15) is 6.04 Å². The van der Waals surface area contributed by atoms with Gasteiger partial charge in [0.25, 0.3) is 0 Å². The van der Waals surface area contributed by atoms with E-state index in [4.69, 9.17) is 17.3 Å². The van der Waals surface area contributed by atoms with E-state index in [0.717, 1.165) is 22.6 Å². The summed E-state index contributed by atoms with van der Waals surface area (Å²) in [6.07, 6.45) is 0. The molecule has 0 saturated carbocycles. The molecule has 1 amide bonds. The molecular formula is C13H13ClN4OS. The molecule has 1 aromatic heterocycles. The molecule has 2 aromatic rings. The monoisotopic (exact) mass is 308 g/mol. The van der Waals surface area contributed by atoms with Gasteiger partial charge in [0.15, 0.2) is 0 Å². The van der Waals surface area contributed by atoms with Crippen LogP contribution >= 0.6 is 22.9 Å². The van der Waals surface area contributed by atoms with Gasteiger partial charge in [-0.2, -0.15) is 0 Å². The molecule has 5 nitrogen and oxygen atoms in total. The zero-order valence-electron chi connectivity index (χ0n) is 10.8. The first-order valence-corrected chi connectivity index (χ1v) is 7.36. The highest BCUT2D eigenvalue weighted by atomic mass is 35.5. The summed E-state index contributed by atoms with van der Waals surface area (Å²) in [5, 5.41) is 5.34. The summed E-state index contributed by atoms with van der Waals surface area (Å²) in [6.45, 7) is 0.655. The van der Waals surface area contributed by atoms with Gasteiger partial charge in [-0.15, -0.1) is 11.3 Å². The molecule has 104 valence electrons. The number of rotatable bonds is 3. The second-order valence-electron chi connectivity index (χ2n) is 4.69. The molecule has 3 rings (SSSR count). The van der Waals surface area contributed by atoms with Gasteiger partial charge in [0, 0.05) is 23.7 Å². The first kappa shape index (κ1) is 13.4. The van der Waals surface area contributed by atoms with Crippen LogP contribution in [0, 0.1) is 0 Å². The predicted octanol–water partition coefficient (Wildman–Crippen LogP) is 2.38. The number of nitrogens with two attached hydrogens (primary N) is 1. The van der Waals surface area contributed by atoms with Crippen molar-refractivity contribution < 1.29 is 4.79 Å². The average molecular weight is 309 g/mol. The van der Waals surface area contributed by atoms with E-state index in [1.54, 1.807) is 22.9 Å². The molecule has 7 heteroatoms. The van der Waals surface area contributed by atoms with Crippen LogP contribution in [0.5, 0.6) is 0 Å². The van der Waals surface area contributed by atoms with Crippen molar-refractivity contribution in [2.24, 2.45) is 5.73 Å². The van der Waals surface area contributed by atoms with Gasteiger partial charge < -0.3 is 16.0 Å². The molecule has 0 fully saturated rings. The van der Waals surface area contributed by atoms with E-state index in [-0.39, 0.29) is 5.91 Å². The van der Waals surface area contributed by atoms with E-state index >= 15 is 0 Å². The molecule has 0 bridgehead atoms. The number of carbonyl (C=O) groups excluding carboxylic acids is 1. The predicted molar refractivity (Wildman–Crippen MR) is 81.2 cm³/mol. The van der Waals surface area contributed by atoms with Gasteiger partial charge >= 0.3 is 0 Å². The van der Waals surface area contributed by atoms with Crippen LogP contribution in [0.25, 0.3) is 0 Å². The molecule has 1 aromatic carbocycles. The molecule has 1 aliphatic heterocycles. The highest BCUT2D eigenvalue weighted by molar-refractivity contribution is 7.07. The first-order chi connectivity index (χ1) is 9.56. The molecule has 1 aliphatic rings. The summed E-state index contributed by atoms with van der Waals surface area (Å²) in [6, 6.07) is 2.97. The van der Waals surface area contributed by atoms with Gasteiger partial charge in [-0.25, -0.2) is 4.98 Å². The minimum absolute atomic E-state index is 0.199. The Morgan fingerprint density at radius 3 is 3.05 bits per heavy atom. The number of hydrogen-bond donors (Lipinski definition) is 2. The number of carbonyl (C=O) groups is 1. The summed E-state index contributed by atoms with van der Waals surface area (Å²) in [5.74, 6) is -0.199. The standard InChI is InChI=1S/C13H13ClN4OS/c1-18(4-7-5-20-6-16-7)11-3-10-8(2-9(11)14)12(15)13(19)17-10/h2-3,5-6,12H,4,15H2,1H3,(H,17,19). The summed E-state index contributed by atoms with van der Waals surface area (Å²) in [7, 11) is 1.93. The van der Waals surface area contributed by atoms with Crippen molar-refractivity contribution in [3.8, 4) is 0 Å². The van der Waals surface area contributed by atoms with Crippen LogP contribution in [0.2, 0.25) is 5.02 Å². The van der Waals surface area contributed by atoms with Crippen molar-refractivity contribution in [1.29, 1.82) is 0 Å². The highest BCUT2D eigenvalue weighted by Gasteiger charge is 2.28. The van der Waals surface area contributed by atoms with Crippen molar-refractivity contribution in [2.75, 3.05) is 17.3 Å². The van der Waals surface area contributed by atoms with Crippen molar-refractivity contribution in [2.45, 2.75) is 12.6 Å². The molecule has 1 atom stereocenters. The largest absolute Gasteiger partial charge is 0.367 e. The van der Waals surface area contributed by atoms with Gasteiger partial charge in [-0.3, -0.25) is 4.79 Å². The molecule has 20 heavy (non-hydrogen) atoms. The number of amides is 1. The van der Waals surface area contributed by atoms with E-state index in [2.05, 4.69) is 10.3 Å². The maximum absolute atomic E-state index is 11.6. The number of halogens is 1. The normalized spacial score (nSPS) is 16.9. The van der Waals surface area contributed by atoms with Gasteiger partial charge in [-0.1, -0.05) is 11.6 Å².